The van der Waals surface area contributed by atoms with Crippen LogP contribution in [-0.4, -0.2) is 55.8 Å². The Balaban J connectivity index is 2.96. The molecule has 0 amide bonds. The fraction of sp³-hybridized carbons (Fsp3) is 0.875. The molecule has 0 aromatic heterocycles. The molecule has 1 saturated heterocycles. The summed E-state index contributed by atoms with van der Waals surface area (Å²) in [5, 5.41) is 0. The van der Waals surface area contributed by atoms with Gasteiger partial charge in [0.05, 0.1) is 0 Å². The molecular formula is C8H11F6O6P. The number of methoxy groups -OCH3 is 1. The van der Waals surface area contributed by atoms with Crippen LogP contribution in [0.1, 0.15) is 0 Å². The molecule has 6 nitrogen and oxygen atoms in total. The number of alkyl halides is 6. The van der Waals surface area contributed by atoms with Crippen molar-refractivity contribution in [2.75, 3.05) is 26.9 Å². The zero-order valence-electron chi connectivity index (χ0n) is 10.4. The maximum atomic E-state index is 12.1. The number of hydrogen-bond donors (Lipinski definition) is 1. The maximum absolute atomic E-state index is 12.1. The average Bonchev–Trinajstić information content (AvgIpc) is 2.31. The molecule has 1 rings (SSSR count). The molecule has 1 unspecified atom stereocenters. The number of ether oxygens (including phenoxy) is 1. The fourth-order valence-corrected chi connectivity index (χ4v) is 3.88. The number of esters is 1. The zero-order chi connectivity index (χ0) is 16.6. The van der Waals surface area contributed by atoms with Crippen molar-refractivity contribution in [3.63, 3.8) is 0 Å². The van der Waals surface area contributed by atoms with Crippen LogP contribution in [0.3, 0.4) is 0 Å². The topological polar surface area (TPSA) is 74.2 Å². The summed E-state index contributed by atoms with van der Waals surface area (Å²) in [6.45, 7) is -4.98. The van der Waals surface area contributed by atoms with E-state index in [4.69, 9.17) is 0 Å². The van der Waals surface area contributed by atoms with Gasteiger partial charge in [0.1, 0.15) is 0 Å². The first-order valence-electron chi connectivity index (χ1n) is 5.23. The summed E-state index contributed by atoms with van der Waals surface area (Å²) in [5.41, 5.74) is -1.90. The van der Waals surface area contributed by atoms with Crippen molar-refractivity contribution in [2.45, 2.75) is 18.0 Å². The van der Waals surface area contributed by atoms with Gasteiger partial charge in [-0.2, -0.15) is 0 Å². The SMILES string of the molecule is COC(=O)C1COP1(O)(OCC(F)(F)F)OCC(F)(F)F. The molecule has 13 heteroatoms. The van der Waals surface area contributed by atoms with E-state index in [-0.39, 0.29) is 0 Å². The zero-order valence-corrected chi connectivity index (χ0v) is 11.3. The summed E-state index contributed by atoms with van der Waals surface area (Å²) in [6.07, 6.45) is -9.95. The minimum absolute atomic E-state index is 0.684. The first-order chi connectivity index (χ1) is 9.30. The van der Waals surface area contributed by atoms with Crippen molar-refractivity contribution in [1.29, 1.82) is 0 Å². The van der Waals surface area contributed by atoms with E-state index in [2.05, 4.69) is 18.3 Å². The molecule has 0 radical (unpaired) electrons. The monoisotopic (exact) mass is 348 g/mol. The quantitative estimate of drug-likeness (QED) is 0.465. The number of rotatable bonds is 5. The van der Waals surface area contributed by atoms with Crippen molar-refractivity contribution in [2.24, 2.45) is 0 Å². The number of carbonyl (C=O) groups excluding carboxylic acids is 1. The van der Waals surface area contributed by atoms with E-state index in [1.807, 2.05) is 0 Å². The van der Waals surface area contributed by atoms with Gasteiger partial charge in [0, 0.05) is 0 Å². The van der Waals surface area contributed by atoms with Gasteiger partial charge < -0.3 is 0 Å². The Hall–Kier alpha value is -0.680. The Kier molecular flexibility index (Phi) is 4.82. The molecule has 126 valence electrons. The Morgan fingerprint density at radius 3 is 1.86 bits per heavy atom. The van der Waals surface area contributed by atoms with E-state index in [1.54, 1.807) is 0 Å². The number of carbonyl (C=O) groups is 1. The summed E-state index contributed by atoms with van der Waals surface area (Å²) in [5.74, 6) is -1.30. The predicted octanol–water partition coefficient (Wildman–Crippen LogP) is 1.92. The van der Waals surface area contributed by atoms with E-state index >= 15 is 0 Å². The van der Waals surface area contributed by atoms with Crippen molar-refractivity contribution < 1.29 is 54.3 Å². The summed E-state index contributed by atoms with van der Waals surface area (Å²) >= 11 is 0. The van der Waals surface area contributed by atoms with E-state index in [0.717, 1.165) is 7.11 Å². The average molecular weight is 348 g/mol. The number of hydrogen-bond acceptors (Lipinski definition) is 6. The third-order valence-electron chi connectivity index (χ3n) is 2.40. The summed E-state index contributed by atoms with van der Waals surface area (Å²) in [7, 11) is -5.05. The molecule has 1 atom stereocenters. The van der Waals surface area contributed by atoms with Crippen molar-refractivity contribution in [3.8, 4) is 0 Å². The van der Waals surface area contributed by atoms with Gasteiger partial charge in [-0.25, -0.2) is 0 Å². The van der Waals surface area contributed by atoms with Crippen LogP contribution in [0.5, 0.6) is 0 Å². The molecule has 0 aromatic carbocycles. The van der Waals surface area contributed by atoms with Gasteiger partial charge in [0.25, 0.3) is 0 Å². The minimum atomic E-state index is -5.88. The Morgan fingerprint density at radius 2 is 1.62 bits per heavy atom. The first-order valence-corrected chi connectivity index (χ1v) is 7.24. The van der Waals surface area contributed by atoms with Gasteiger partial charge in [-0.1, -0.05) is 0 Å². The standard InChI is InChI=1S/C8H11F6O6P/c1-17-6(15)5-2-18-21(5,16,19-3-7(9,10)11)20-4-8(12,13)14/h5,16H,2-4H2,1H3. The van der Waals surface area contributed by atoms with Crippen molar-refractivity contribution in [3.05, 3.63) is 0 Å². The third kappa shape index (κ3) is 4.39. The second-order valence-electron chi connectivity index (χ2n) is 4.01. The normalized spacial score (nSPS) is 26.3. The molecule has 1 N–H and O–H groups in total. The molecule has 0 aromatic rings. The third-order valence-corrected chi connectivity index (χ3v) is 5.63. The molecule has 1 aliphatic rings. The summed E-state index contributed by atoms with van der Waals surface area (Å²) in [4.78, 5) is 21.3. The van der Waals surface area contributed by atoms with E-state index in [1.165, 1.54) is 0 Å². The number of halogens is 6. The van der Waals surface area contributed by atoms with Gasteiger partial charge in [-0.05, 0) is 0 Å². The Morgan fingerprint density at radius 1 is 1.19 bits per heavy atom. The van der Waals surface area contributed by atoms with Crippen LogP contribution in [0, 0.1) is 0 Å². The van der Waals surface area contributed by atoms with Crippen LogP contribution < -0.4 is 0 Å². The molecule has 0 spiro atoms. The van der Waals surface area contributed by atoms with Gasteiger partial charge in [-0.3, -0.25) is 0 Å². The van der Waals surface area contributed by atoms with E-state index in [0.29, 0.717) is 0 Å². The van der Waals surface area contributed by atoms with Crippen LogP contribution in [-0.2, 0) is 23.1 Å². The van der Waals surface area contributed by atoms with E-state index < -0.39 is 51.3 Å². The van der Waals surface area contributed by atoms with Crippen LogP contribution >= 0.6 is 7.51 Å². The molecule has 1 aliphatic heterocycles. The van der Waals surface area contributed by atoms with Crippen LogP contribution in [0.4, 0.5) is 26.3 Å². The first kappa shape index (κ1) is 18.4. The van der Waals surface area contributed by atoms with Gasteiger partial charge in [-0.15, -0.1) is 0 Å². The van der Waals surface area contributed by atoms with Crippen LogP contribution in [0.2, 0.25) is 0 Å². The van der Waals surface area contributed by atoms with E-state index in [9.17, 15) is 36.0 Å². The Labute approximate surface area is 114 Å². The molecule has 0 aliphatic carbocycles. The molecule has 0 bridgehead atoms. The molecule has 1 fully saturated rings. The predicted molar refractivity (Wildman–Crippen MR) is 54.9 cm³/mol. The van der Waals surface area contributed by atoms with Crippen molar-refractivity contribution in [1.82, 2.24) is 0 Å². The van der Waals surface area contributed by atoms with Crippen molar-refractivity contribution >= 4 is 13.5 Å². The molecule has 21 heavy (non-hydrogen) atoms. The molecule has 1 heterocycles. The summed E-state index contributed by atoms with van der Waals surface area (Å²) in [6, 6.07) is 0. The second kappa shape index (κ2) is 5.51. The Bertz CT molecular complexity index is 391. The summed E-state index contributed by atoms with van der Waals surface area (Å²) < 4.78 is 89.5. The van der Waals surface area contributed by atoms with Crippen LogP contribution in [0.25, 0.3) is 0 Å². The van der Waals surface area contributed by atoms with Crippen LogP contribution in [0.15, 0.2) is 0 Å². The van der Waals surface area contributed by atoms with Gasteiger partial charge in [0.2, 0.25) is 0 Å². The molecule has 0 saturated carbocycles. The second-order valence-corrected chi connectivity index (χ2v) is 7.21. The molecular weight excluding hydrogens is 337 g/mol. The fourth-order valence-electron chi connectivity index (χ4n) is 1.39. The van der Waals surface area contributed by atoms with Gasteiger partial charge in [0.15, 0.2) is 0 Å². The van der Waals surface area contributed by atoms with Gasteiger partial charge >= 0.3 is 113 Å².